The van der Waals surface area contributed by atoms with Gasteiger partial charge in [0, 0.05) is 70.6 Å². The number of likely N-dealkylation sites (tertiary alicyclic amines) is 1. The molecule has 68 heavy (non-hydrogen) atoms. The van der Waals surface area contributed by atoms with E-state index in [1.54, 1.807) is 30.8 Å². The number of ketones is 1. The highest BCUT2D eigenvalue weighted by atomic mass is 16.7. The second-order valence-electron chi connectivity index (χ2n) is 19.4. The molecule has 0 radical (unpaired) electrons. The van der Waals surface area contributed by atoms with E-state index in [1.807, 2.05) is 76.9 Å². The monoisotopic (exact) mass is 952 g/mol. The number of carbonyl (C=O) groups excluding carboxylic acids is 8. The van der Waals surface area contributed by atoms with Crippen molar-refractivity contribution in [2.24, 2.45) is 23.7 Å². The first-order valence-corrected chi connectivity index (χ1v) is 24.2. The van der Waals surface area contributed by atoms with Crippen LogP contribution in [0.15, 0.2) is 30.5 Å². The van der Waals surface area contributed by atoms with Crippen LogP contribution in [0, 0.1) is 23.7 Å². The summed E-state index contributed by atoms with van der Waals surface area (Å²) in [5, 5.41) is 7.48. The number of rotatable bonds is 26. The van der Waals surface area contributed by atoms with Crippen LogP contribution in [0.25, 0.3) is 10.9 Å². The number of para-hydroxylation sites is 1. The summed E-state index contributed by atoms with van der Waals surface area (Å²) in [6.07, 6.45) is 2.91. The number of hydrogen-bond donors (Lipinski definition) is 3. The predicted octanol–water partition coefficient (Wildman–Crippen LogP) is 4.19. The fraction of sp³-hybridized carbons (Fsp3) is 0.680. The summed E-state index contributed by atoms with van der Waals surface area (Å²) in [5.41, 5.74) is 1.86. The van der Waals surface area contributed by atoms with E-state index in [9.17, 15) is 38.4 Å². The minimum Gasteiger partial charge on any atom is -0.379 e. The fourth-order valence-corrected chi connectivity index (χ4v) is 9.83. The summed E-state index contributed by atoms with van der Waals surface area (Å²) in [6, 6.07) is 4.45. The highest BCUT2D eigenvalue weighted by Crippen LogP contribution is 2.30. The largest absolute Gasteiger partial charge is 0.379 e. The molecule has 0 spiro atoms. The number of aromatic nitrogens is 1. The maximum absolute atomic E-state index is 14.6. The maximum atomic E-state index is 14.6. The Balaban J connectivity index is 1.42. The van der Waals surface area contributed by atoms with E-state index in [0.717, 1.165) is 16.5 Å². The van der Waals surface area contributed by atoms with Crippen molar-refractivity contribution in [3.8, 4) is 0 Å². The van der Waals surface area contributed by atoms with Crippen LogP contribution in [0.4, 0.5) is 0 Å². The number of Topliss-reactive ketones (excluding diaryl/α,β-unsaturated/α-hetero) is 1. The SMILES string of the molecule is CC[C@H](C)[C@@H]([C@@H](CC(=O)N1CCC[C@H]1[C@H](OC)[C@@H](C)C(=O)N[C@@H](Cc1c[nH]c2ccccc12)C(C)=O)OC)N(C)C(=O)[C@@H](NC(=O)[C@H](C(C)C)N(C)CCCC(=O)ON1C(=O)CCC1=O)C(C)C. The van der Waals surface area contributed by atoms with Gasteiger partial charge in [-0.05, 0) is 69.2 Å². The summed E-state index contributed by atoms with van der Waals surface area (Å²) in [4.78, 5) is 119. The van der Waals surface area contributed by atoms with E-state index in [0.29, 0.717) is 50.3 Å². The van der Waals surface area contributed by atoms with Crippen LogP contribution in [0.3, 0.4) is 0 Å². The number of likely N-dealkylation sites (N-methyl/N-ethyl adjacent to an activating group) is 2. The van der Waals surface area contributed by atoms with Crippen LogP contribution in [0.2, 0.25) is 0 Å². The molecule has 2 saturated heterocycles. The molecule has 2 fully saturated rings. The molecule has 6 amide bonds. The minimum absolute atomic E-state index is 0.0000472. The highest BCUT2D eigenvalue weighted by molar-refractivity contribution is 6.01. The number of ether oxygens (including phenoxy) is 2. The molecule has 18 nitrogen and oxygen atoms in total. The van der Waals surface area contributed by atoms with Gasteiger partial charge in [-0.3, -0.25) is 38.5 Å². The summed E-state index contributed by atoms with van der Waals surface area (Å²) in [7, 11) is 6.48. The number of benzene rings is 1. The van der Waals surface area contributed by atoms with Crippen molar-refractivity contribution in [3.63, 3.8) is 0 Å². The van der Waals surface area contributed by atoms with Gasteiger partial charge >= 0.3 is 5.97 Å². The molecule has 3 heterocycles. The summed E-state index contributed by atoms with van der Waals surface area (Å²) >= 11 is 0. The molecule has 3 N–H and O–H groups in total. The van der Waals surface area contributed by atoms with E-state index in [1.165, 1.54) is 21.1 Å². The third-order valence-corrected chi connectivity index (χ3v) is 13.9. The second-order valence-corrected chi connectivity index (χ2v) is 19.4. The van der Waals surface area contributed by atoms with Crippen molar-refractivity contribution >= 4 is 58.1 Å². The summed E-state index contributed by atoms with van der Waals surface area (Å²) < 4.78 is 12.1. The van der Waals surface area contributed by atoms with Crippen molar-refractivity contribution in [2.45, 2.75) is 156 Å². The predicted molar refractivity (Wildman–Crippen MR) is 255 cm³/mol. The first-order chi connectivity index (χ1) is 32.2. The number of fused-ring (bicyclic) bond motifs is 1. The van der Waals surface area contributed by atoms with Crippen LogP contribution in [0.5, 0.6) is 0 Å². The van der Waals surface area contributed by atoms with Gasteiger partial charge in [-0.15, -0.1) is 5.06 Å². The van der Waals surface area contributed by atoms with Gasteiger partial charge in [0.2, 0.25) is 23.6 Å². The van der Waals surface area contributed by atoms with Crippen LogP contribution in [-0.2, 0) is 59.1 Å². The Kier molecular flexibility index (Phi) is 20.7. The molecule has 2 aromatic rings. The number of amides is 6. The normalized spacial score (nSPS) is 18.9. The van der Waals surface area contributed by atoms with Crippen molar-refractivity contribution in [1.29, 1.82) is 0 Å². The molecule has 0 saturated carbocycles. The Labute approximate surface area is 401 Å². The fourth-order valence-electron chi connectivity index (χ4n) is 9.83. The van der Waals surface area contributed by atoms with Gasteiger partial charge < -0.3 is 39.7 Å². The Hall–Kier alpha value is -5.20. The van der Waals surface area contributed by atoms with Crippen molar-refractivity contribution in [1.82, 2.24) is 35.4 Å². The Morgan fingerprint density at radius 2 is 1.56 bits per heavy atom. The van der Waals surface area contributed by atoms with Gasteiger partial charge in [0.1, 0.15) is 6.04 Å². The van der Waals surface area contributed by atoms with Gasteiger partial charge in [0.25, 0.3) is 11.8 Å². The van der Waals surface area contributed by atoms with Crippen molar-refractivity contribution < 1.29 is 52.7 Å². The van der Waals surface area contributed by atoms with Gasteiger partial charge in [-0.25, -0.2) is 4.79 Å². The number of hydrogen-bond acceptors (Lipinski definition) is 12. The molecule has 1 aromatic carbocycles. The zero-order valence-corrected chi connectivity index (χ0v) is 42.3. The van der Waals surface area contributed by atoms with E-state index in [-0.39, 0.29) is 72.8 Å². The van der Waals surface area contributed by atoms with Crippen LogP contribution in [-0.4, -0.2) is 156 Å². The Bertz CT molecular complexity index is 2070. The van der Waals surface area contributed by atoms with Gasteiger partial charge in [-0.1, -0.05) is 73.1 Å². The standard InChI is InChI=1S/C50H77N7O11/c1-13-31(6)46(55(10)50(65)44(29(2)3)53-49(64)45(30(4)5)54(9)24-17-21-43(62)68-57-40(59)22-23-41(57)60)39(66-11)27-42(61)56-25-16-20-38(56)47(67-12)32(7)48(63)52-37(33(8)58)26-34-28-51-36-19-15-14-18-35(34)36/h14-15,18-19,28-32,37-39,44-47,51H,13,16-17,20-27H2,1-12H3,(H,52,63)(H,53,64)/t31-,32+,37-,38-,39+,44-,45-,46-,47+/m0/s1. The summed E-state index contributed by atoms with van der Waals surface area (Å²) in [6.45, 7) is 15.5. The van der Waals surface area contributed by atoms with E-state index >= 15 is 0 Å². The number of nitrogens with one attached hydrogen (secondary N) is 3. The zero-order chi connectivity index (χ0) is 50.6. The number of methoxy groups -OCH3 is 2. The van der Waals surface area contributed by atoms with Crippen LogP contribution < -0.4 is 10.6 Å². The number of nitrogens with zero attached hydrogens (tertiary/aromatic N) is 4. The minimum atomic E-state index is -0.921. The average Bonchev–Trinajstić information content (AvgIpc) is 4.03. The molecular formula is C50H77N7O11. The molecule has 378 valence electrons. The molecule has 0 bridgehead atoms. The first kappa shape index (κ1) is 55.4. The number of H-pyrrole nitrogens is 1. The van der Waals surface area contributed by atoms with Gasteiger partial charge in [-0.2, -0.15) is 0 Å². The maximum Gasteiger partial charge on any atom is 0.333 e. The lowest BCUT2D eigenvalue weighted by molar-refractivity contribution is -0.197. The van der Waals surface area contributed by atoms with E-state index in [2.05, 4.69) is 15.6 Å². The molecule has 0 aliphatic carbocycles. The van der Waals surface area contributed by atoms with Crippen molar-refractivity contribution in [3.05, 3.63) is 36.0 Å². The van der Waals surface area contributed by atoms with Crippen LogP contribution in [0.1, 0.15) is 112 Å². The molecule has 2 aliphatic rings. The lowest BCUT2D eigenvalue weighted by atomic mass is 9.89. The molecule has 9 atom stereocenters. The second kappa shape index (κ2) is 25.4. The number of imide groups is 1. The summed E-state index contributed by atoms with van der Waals surface area (Å²) in [5.74, 6) is -4.57. The quantitative estimate of drug-likeness (QED) is 0.113. The molecule has 2 aliphatic heterocycles. The molecule has 4 rings (SSSR count). The highest BCUT2D eigenvalue weighted by Gasteiger charge is 2.44. The van der Waals surface area contributed by atoms with Gasteiger partial charge in [0.15, 0.2) is 5.78 Å². The Morgan fingerprint density at radius 3 is 2.15 bits per heavy atom. The third-order valence-electron chi connectivity index (χ3n) is 13.9. The zero-order valence-electron chi connectivity index (χ0n) is 42.3. The molecule has 0 unspecified atom stereocenters. The average molecular weight is 952 g/mol. The number of aromatic amines is 1. The smallest absolute Gasteiger partial charge is 0.333 e. The first-order valence-electron chi connectivity index (χ1n) is 24.2. The van der Waals surface area contributed by atoms with Gasteiger partial charge in [0.05, 0.1) is 48.7 Å². The van der Waals surface area contributed by atoms with E-state index in [4.69, 9.17) is 14.3 Å². The number of carbonyl (C=O) groups is 8. The van der Waals surface area contributed by atoms with Crippen molar-refractivity contribution in [2.75, 3.05) is 41.4 Å². The topological polar surface area (TPSA) is 217 Å². The molecule has 18 heteroatoms. The third kappa shape index (κ3) is 13.7. The number of hydroxylamine groups is 2. The van der Waals surface area contributed by atoms with E-state index < -0.39 is 66.1 Å². The molecule has 1 aromatic heterocycles. The lowest BCUT2D eigenvalue weighted by Crippen LogP contribution is -2.60. The van der Waals surface area contributed by atoms with Crippen LogP contribution >= 0.6 is 0 Å². The lowest BCUT2D eigenvalue weighted by Gasteiger charge is -2.41. The molecular weight excluding hydrogens is 875 g/mol. The Morgan fingerprint density at radius 1 is 0.897 bits per heavy atom.